The van der Waals surface area contributed by atoms with Crippen molar-refractivity contribution in [2.45, 2.75) is 26.6 Å². The van der Waals surface area contributed by atoms with Crippen molar-refractivity contribution in [3.8, 4) is 11.5 Å². The third-order valence-electron chi connectivity index (χ3n) is 1.62. The summed E-state index contributed by atoms with van der Waals surface area (Å²) in [5.74, 6) is 3.48. The van der Waals surface area contributed by atoms with E-state index in [0.29, 0.717) is 11.5 Å². The van der Waals surface area contributed by atoms with E-state index in [2.05, 4.69) is 41.4 Å². The second-order valence-electron chi connectivity index (χ2n) is 4.59. The number of amides is 1. The maximum atomic E-state index is 10.9. The fraction of sp³-hybridized carbons (Fsp3) is 0.333. The van der Waals surface area contributed by atoms with Crippen LogP contribution in [-0.2, 0) is 4.79 Å². The van der Waals surface area contributed by atoms with E-state index in [1.165, 1.54) is 6.92 Å². The Morgan fingerprint density at radius 2 is 2.06 bits per heavy atom. The topological polar surface area (TPSA) is 42.0 Å². The van der Waals surface area contributed by atoms with Crippen LogP contribution < -0.4 is 5.32 Å². The SMILES string of the molecule is CC(=O)Nc1cccc(C#C[Si](C)(C)C)n1. The minimum absolute atomic E-state index is 0.122. The molecule has 0 aliphatic rings. The number of nitrogens with zero attached hydrogens (tertiary/aromatic N) is 1. The van der Waals surface area contributed by atoms with Crippen molar-refractivity contribution >= 4 is 19.8 Å². The van der Waals surface area contributed by atoms with E-state index in [1.54, 1.807) is 6.07 Å². The molecule has 16 heavy (non-hydrogen) atoms. The first kappa shape index (κ1) is 12.5. The van der Waals surface area contributed by atoms with Crippen LogP contribution in [0.4, 0.5) is 5.82 Å². The van der Waals surface area contributed by atoms with Crippen LogP contribution in [0.25, 0.3) is 0 Å². The Kier molecular flexibility index (Phi) is 3.86. The molecule has 0 aromatic carbocycles. The summed E-state index contributed by atoms with van der Waals surface area (Å²) in [6.07, 6.45) is 0. The highest BCUT2D eigenvalue weighted by atomic mass is 28.3. The van der Waals surface area contributed by atoms with Crippen LogP contribution >= 0.6 is 0 Å². The molecule has 0 spiro atoms. The molecule has 0 saturated carbocycles. The summed E-state index contributed by atoms with van der Waals surface area (Å²) in [5, 5.41) is 2.64. The van der Waals surface area contributed by atoms with Gasteiger partial charge in [-0.2, -0.15) is 0 Å². The van der Waals surface area contributed by atoms with Gasteiger partial charge in [0.1, 0.15) is 19.6 Å². The molecule has 1 N–H and O–H groups in total. The lowest BCUT2D eigenvalue weighted by Crippen LogP contribution is -2.16. The number of nitrogens with one attached hydrogen (secondary N) is 1. The second kappa shape index (κ2) is 4.95. The van der Waals surface area contributed by atoms with Crippen LogP contribution in [0.2, 0.25) is 19.6 Å². The maximum absolute atomic E-state index is 10.9. The van der Waals surface area contributed by atoms with Crippen molar-refractivity contribution in [1.29, 1.82) is 0 Å². The van der Waals surface area contributed by atoms with Gasteiger partial charge in [0.15, 0.2) is 0 Å². The first-order chi connectivity index (χ1) is 7.37. The van der Waals surface area contributed by atoms with Crippen LogP contribution in [0.1, 0.15) is 12.6 Å². The molecule has 0 bridgehead atoms. The quantitative estimate of drug-likeness (QED) is 0.596. The smallest absolute Gasteiger partial charge is 0.222 e. The first-order valence-electron chi connectivity index (χ1n) is 5.15. The number of carbonyl (C=O) groups is 1. The molecule has 3 nitrogen and oxygen atoms in total. The summed E-state index contributed by atoms with van der Waals surface area (Å²) in [6.45, 7) is 8.00. The summed E-state index contributed by atoms with van der Waals surface area (Å²) >= 11 is 0. The molecule has 1 amide bonds. The lowest BCUT2D eigenvalue weighted by Gasteiger charge is -2.04. The average molecular weight is 232 g/mol. The van der Waals surface area contributed by atoms with E-state index < -0.39 is 8.07 Å². The Balaban J connectivity index is 2.89. The summed E-state index contributed by atoms with van der Waals surface area (Å²) in [4.78, 5) is 15.1. The lowest BCUT2D eigenvalue weighted by molar-refractivity contribution is -0.114. The van der Waals surface area contributed by atoms with Crippen molar-refractivity contribution < 1.29 is 4.79 Å². The average Bonchev–Trinajstić information content (AvgIpc) is 2.13. The van der Waals surface area contributed by atoms with Crippen molar-refractivity contribution in [2.24, 2.45) is 0 Å². The Morgan fingerprint density at radius 1 is 1.38 bits per heavy atom. The molecule has 1 aromatic heterocycles. The standard InChI is InChI=1S/C12H16N2OSi/c1-10(15)13-12-7-5-6-11(14-12)8-9-16(2,3)4/h5-7H,1-4H3,(H,13,14,15). The molecule has 0 fully saturated rings. The number of aromatic nitrogens is 1. The zero-order valence-electron chi connectivity index (χ0n) is 10.1. The van der Waals surface area contributed by atoms with Gasteiger partial charge >= 0.3 is 0 Å². The summed E-state index contributed by atoms with van der Waals surface area (Å²) < 4.78 is 0. The molecule has 0 atom stereocenters. The highest BCUT2D eigenvalue weighted by Gasteiger charge is 2.07. The normalized spacial score (nSPS) is 10.2. The Labute approximate surface area is 97.3 Å². The molecule has 1 rings (SSSR count). The molecule has 0 aliphatic carbocycles. The Bertz CT molecular complexity index is 452. The van der Waals surface area contributed by atoms with E-state index in [0.717, 1.165) is 0 Å². The molecule has 1 heterocycles. The molecule has 84 valence electrons. The number of hydrogen-bond acceptors (Lipinski definition) is 2. The van der Waals surface area contributed by atoms with Crippen LogP contribution in [-0.4, -0.2) is 19.0 Å². The number of carbonyl (C=O) groups excluding carboxylic acids is 1. The highest BCUT2D eigenvalue weighted by Crippen LogP contribution is 2.04. The fourth-order valence-corrected chi connectivity index (χ4v) is 1.51. The fourth-order valence-electron chi connectivity index (χ4n) is 1.01. The minimum atomic E-state index is -1.38. The van der Waals surface area contributed by atoms with Crippen molar-refractivity contribution in [3.05, 3.63) is 23.9 Å². The van der Waals surface area contributed by atoms with Crippen LogP contribution in [0.15, 0.2) is 18.2 Å². The van der Waals surface area contributed by atoms with Crippen LogP contribution in [0.5, 0.6) is 0 Å². The predicted molar refractivity (Wildman–Crippen MR) is 68.8 cm³/mol. The van der Waals surface area contributed by atoms with E-state index in [-0.39, 0.29) is 5.91 Å². The van der Waals surface area contributed by atoms with Gasteiger partial charge in [0.05, 0.1) is 0 Å². The van der Waals surface area contributed by atoms with Gasteiger partial charge in [-0.25, -0.2) is 4.98 Å². The maximum Gasteiger partial charge on any atom is 0.222 e. The zero-order valence-corrected chi connectivity index (χ0v) is 11.1. The minimum Gasteiger partial charge on any atom is -0.311 e. The largest absolute Gasteiger partial charge is 0.311 e. The van der Waals surface area contributed by atoms with E-state index in [9.17, 15) is 4.79 Å². The Morgan fingerprint density at radius 3 is 2.62 bits per heavy atom. The van der Waals surface area contributed by atoms with Gasteiger partial charge in [0.2, 0.25) is 5.91 Å². The van der Waals surface area contributed by atoms with Gasteiger partial charge in [0, 0.05) is 6.92 Å². The van der Waals surface area contributed by atoms with Crippen molar-refractivity contribution in [3.63, 3.8) is 0 Å². The molecule has 0 radical (unpaired) electrons. The van der Waals surface area contributed by atoms with Crippen LogP contribution in [0.3, 0.4) is 0 Å². The van der Waals surface area contributed by atoms with Crippen molar-refractivity contribution in [2.75, 3.05) is 5.32 Å². The Hall–Kier alpha value is -1.60. The highest BCUT2D eigenvalue weighted by molar-refractivity contribution is 6.83. The third kappa shape index (κ3) is 4.76. The molecule has 0 saturated heterocycles. The number of pyridine rings is 1. The summed E-state index contributed by atoms with van der Waals surface area (Å²) in [7, 11) is -1.38. The van der Waals surface area contributed by atoms with E-state index in [1.807, 2.05) is 12.1 Å². The summed E-state index contributed by atoms with van der Waals surface area (Å²) in [6, 6.07) is 5.44. The number of hydrogen-bond donors (Lipinski definition) is 1. The summed E-state index contributed by atoms with van der Waals surface area (Å²) in [5.41, 5.74) is 3.93. The lowest BCUT2D eigenvalue weighted by atomic mass is 10.3. The van der Waals surface area contributed by atoms with E-state index in [4.69, 9.17) is 0 Å². The molecular weight excluding hydrogens is 216 g/mol. The zero-order chi connectivity index (χ0) is 12.2. The number of anilines is 1. The molecule has 0 aliphatic heterocycles. The van der Waals surface area contributed by atoms with Crippen LogP contribution in [0, 0.1) is 11.5 Å². The number of rotatable bonds is 1. The van der Waals surface area contributed by atoms with Gasteiger partial charge in [-0.05, 0) is 12.1 Å². The molecule has 0 unspecified atom stereocenters. The predicted octanol–water partition coefficient (Wildman–Crippen LogP) is 2.27. The van der Waals surface area contributed by atoms with Gasteiger partial charge in [0.25, 0.3) is 0 Å². The van der Waals surface area contributed by atoms with Crippen molar-refractivity contribution in [1.82, 2.24) is 4.98 Å². The molecule has 1 aromatic rings. The van der Waals surface area contributed by atoms with Gasteiger partial charge < -0.3 is 5.32 Å². The van der Waals surface area contributed by atoms with Gasteiger partial charge in [-0.15, -0.1) is 5.54 Å². The first-order valence-corrected chi connectivity index (χ1v) is 8.65. The van der Waals surface area contributed by atoms with Gasteiger partial charge in [-0.3, -0.25) is 4.79 Å². The van der Waals surface area contributed by atoms with E-state index >= 15 is 0 Å². The molecule has 4 heteroatoms. The second-order valence-corrected chi connectivity index (χ2v) is 9.34. The monoisotopic (exact) mass is 232 g/mol. The third-order valence-corrected chi connectivity index (χ3v) is 2.49. The molecular formula is C12H16N2OSi. The van der Waals surface area contributed by atoms with Gasteiger partial charge in [-0.1, -0.05) is 31.6 Å².